The van der Waals surface area contributed by atoms with E-state index in [1.807, 2.05) is 13.0 Å². The number of anilines is 3. The maximum Gasteiger partial charge on any atom is 0.307 e. The number of carboxylic acids is 1. The molecule has 0 radical (unpaired) electrons. The zero-order valence-corrected chi connectivity index (χ0v) is 13.7. The van der Waals surface area contributed by atoms with Crippen molar-refractivity contribution in [1.82, 2.24) is 15.0 Å². The summed E-state index contributed by atoms with van der Waals surface area (Å²) in [6.07, 6.45) is 1.62. The Balaban J connectivity index is 1.85. The quantitative estimate of drug-likeness (QED) is 0.653. The summed E-state index contributed by atoms with van der Waals surface area (Å²) in [5.74, 6) is -0.449. The Morgan fingerprint density at radius 3 is 2.88 bits per heavy atom. The smallest absolute Gasteiger partial charge is 0.307 e. The molecule has 0 amide bonds. The minimum absolute atomic E-state index is 0.0320. The summed E-state index contributed by atoms with van der Waals surface area (Å²) in [6, 6.07) is 8.95. The first kappa shape index (κ1) is 15.9. The molecule has 0 bridgehead atoms. The molecule has 24 heavy (non-hydrogen) atoms. The van der Waals surface area contributed by atoms with Gasteiger partial charge in [0, 0.05) is 11.9 Å². The molecule has 0 aliphatic carbocycles. The van der Waals surface area contributed by atoms with Crippen LogP contribution in [0.3, 0.4) is 0 Å². The highest BCUT2D eigenvalue weighted by atomic mass is 32.1. The van der Waals surface area contributed by atoms with Gasteiger partial charge in [0.15, 0.2) is 5.13 Å². The van der Waals surface area contributed by atoms with Gasteiger partial charge in [-0.15, -0.1) is 0 Å². The predicted octanol–water partition coefficient (Wildman–Crippen LogP) is 2.86. The van der Waals surface area contributed by atoms with Gasteiger partial charge in [-0.3, -0.25) is 4.79 Å². The molecule has 2 heterocycles. The summed E-state index contributed by atoms with van der Waals surface area (Å²) in [6.45, 7) is 1.88. The van der Waals surface area contributed by atoms with Crippen LogP contribution in [0.1, 0.15) is 11.3 Å². The number of carbonyl (C=O) groups is 1. The van der Waals surface area contributed by atoms with Crippen LogP contribution >= 0.6 is 11.3 Å². The van der Waals surface area contributed by atoms with Crippen molar-refractivity contribution in [3.8, 4) is 10.6 Å². The molecule has 3 rings (SSSR count). The van der Waals surface area contributed by atoms with Gasteiger partial charge in [0.25, 0.3) is 0 Å². The topological polar surface area (TPSA) is 114 Å². The number of carboxylic acid groups (broad SMARTS) is 1. The van der Waals surface area contributed by atoms with Gasteiger partial charge in [-0.05, 0) is 30.7 Å². The van der Waals surface area contributed by atoms with E-state index in [0.29, 0.717) is 16.6 Å². The number of aliphatic carboxylic acids is 1. The van der Waals surface area contributed by atoms with Crippen molar-refractivity contribution in [2.75, 3.05) is 11.1 Å². The molecule has 122 valence electrons. The fourth-order valence-electron chi connectivity index (χ4n) is 2.26. The average molecular weight is 341 g/mol. The number of benzene rings is 1. The summed E-state index contributed by atoms with van der Waals surface area (Å²) in [5.41, 5.74) is 8.73. The lowest BCUT2D eigenvalue weighted by atomic mass is 10.1. The Labute approximate surface area is 142 Å². The van der Waals surface area contributed by atoms with Gasteiger partial charge in [-0.2, -0.15) is 0 Å². The van der Waals surface area contributed by atoms with E-state index in [4.69, 9.17) is 10.8 Å². The first-order valence-corrected chi connectivity index (χ1v) is 7.97. The van der Waals surface area contributed by atoms with Gasteiger partial charge in [0.2, 0.25) is 5.95 Å². The van der Waals surface area contributed by atoms with Crippen molar-refractivity contribution in [3.05, 3.63) is 47.8 Å². The van der Waals surface area contributed by atoms with Crippen molar-refractivity contribution in [2.45, 2.75) is 13.3 Å². The first-order chi connectivity index (χ1) is 11.5. The maximum atomic E-state index is 10.8. The van der Waals surface area contributed by atoms with E-state index < -0.39 is 5.97 Å². The molecule has 0 saturated heterocycles. The standard InChI is InChI=1S/C16H15N5O2S/c1-9-14(24-15(17)19-9)12-5-6-18-16(21-12)20-11-4-2-3-10(7-11)8-13(22)23/h2-7H,8H2,1H3,(H2,17,19)(H,22,23)(H,18,20,21). The van der Waals surface area contributed by atoms with Gasteiger partial charge in [-0.25, -0.2) is 15.0 Å². The van der Waals surface area contributed by atoms with Crippen LogP contribution in [0.5, 0.6) is 0 Å². The van der Waals surface area contributed by atoms with Crippen LogP contribution in [-0.4, -0.2) is 26.0 Å². The molecule has 0 fully saturated rings. The number of thiazole rings is 1. The Bertz CT molecular complexity index is 894. The van der Waals surface area contributed by atoms with Crippen molar-refractivity contribution < 1.29 is 9.90 Å². The predicted molar refractivity (Wildman–Crippen MR) is 93.4 cm³/mol. The number of hydrogen-bond acceptors (Lipinski definition) is 7. The highest BCUT2D eigenvalue weighted by Gasteiger charge is 2.10. The van der Waals surface area contributed by atoms with Crippen molar-refractivity contribution in [2.24, 2.45) is 0 Å². The van der Waals surface area contributed by atoms with Gasteiger partial charge in [0.1, 0.15) is 0 Å². The normalized spacial score (nSPS) is 10.5. The van der Waals surface area contributed by atoms with Crippen LogP contribution in [0.2, 0.25) is 0 Å². The second kappa shape index (κ2) is 6.63. The number of hydrogen-bond donors (Lipinski definition) is 3. The monoisotopic (exact) mass is 341 g/mol. The lowest BCUT2D eigenvalue weighted by Crippen LogP contribution is -2.02. The molecule has 0 atom stereocenters. The molecule has 1 aromatic carbocycles. The van der Waals surface area contributed by atoms with E-state index in [9.17, 15) is 4.79 Å². The fourth-order valence-corrected chi connectivity index (χ4v) is 3.07. The second-order valence-electron chi connectivity index (χ2n) is 5.13. The second-order valence-corrected chi connectivity index (χ2v) is 6.16. The molecule has 4 N–H and O–H groups in total. The molecule has 0 aliphatic rings. The van der Waals surface area contributed by atoms with E-state index in [1.54, 1.807) is 30.5 Å². The zero-order chi connectivity index (χ0) is 17.1. The Morgan fingerprint density at radius 2 is 2.17 bits per heavy atom. The highest BCUT2D eigenvalue weighted by Crippen LogP contribution is 2.30. The number of aromatic nitrogens is 3. The SMILES string of the molecule is Cc1nc(N)sc1-c1ccnc(Nc2cccc(CC(=O)O)c2)n1. The summed E-state index contributed by atoms with van der Waals surface area (Å²) in [7, 11) is 0. The van der Waals surface area contributed by atoms with E-state index >= 15 is 0 Å². The van der Waals surface area contributed by atoms with Crippen molar-refractivity contribution in [3.63, 3.8) is 0 Å². The summed E-state index contributed by atoms with van der Waals surface area (Å²) in [4.78, 5) is 24.6. The summed E-state index contributed by atoms with van der Waals surface area (Å²) < 4.78 is 0. The molecule has 0 aliphatic heterocycles. The number of nitrogens with one attached hydrogen (secondary N) is 1. The summed E-state index contributed by atoms with van der Waals surface area (Å²) in [5, 5.41) is 12.5. The Morgan fingerprint density at radius 1 is 1.33 bits per heavy atom. The lowest BCUT2D eigenvalue weighted by Gasteiger charge is -2.07. The number of nitrogens with two attached hydrogens (primary N) is 1. The third kappa shape index (κ3) is 3.66. The van der Waals surface area contributed by atoms with Crippen LogP contribution in [-0.2, 0) is 11.2 Å². The van der Waals surface area contributed by atoms with Crippen LogP contribution in [0, 0.1) is 6.92 Å². The third-order valence-electron chi connectivity index (χ3n) is 3.24. The van der Waals surface area contributed by atoms with Crippen LogP contribution in [0.25, 0.3) is 10.6 Å². The Kier molecular flexibility index (Phi) is 4.39. The van der Waals surface area contributed by atoms with E-state index in [2.05, 4.69) is 20.3 Å². The molecule has 7 nitrogen and oxygen atoms in total. The number of nitrogens with zero attached hydrogens (tertiary/aromatic N) is 3. The van der Waals surface area contributed by atoms with Gasteiger partial charge in [-0.1, -0.05) is 23.5 Å². The zero-order valence-electron chi connectivity index (χ0n) is 12.9. The van der Waals surface area contributed by atoms with Crippen LogP contribution < -0.4 is 11.1 Å². The van der Waals surface area contributed by atoms with Crippen LogP contribution in [0.15, 0.2) is 36.5 Å². The van der Waals surface area contributed by atoms with Crippen molar-refractivity contribution in [1.29, 1.82) is 0 Å². The molecular formula is C16H15N5O2S. The minimum atomic E-state index is -0.872. The van der Waals surface area contributed by atoms with E-state index in [-0.39, 0.29) is 6.42 Å². The molecule has 3 aromatic rings. The Hall–Kier alpha value is -3.00. The van der Waals surface area contributed by atoms with Gasteiger partial charge >= 0.3 is 5.97 Å². The average Bonchev–Trinajstić information content (AvgIpc) is 2.86. The van der Waals surface area contributed by atoms with E-state index in [0.717, 1.165) is 22.0 Å². The number of aryl methyl sites for hydroxylation is 1. The van der Waals surface area contributed by atoms with Crippen molar-refractivity contribution >= 4 is 34.1 Å². The highest BCUT2D eigenvalue weighted by molar-refractivity contribution is 7.18. The number of rotatable bonds is 5. The molecule has 8 heteroatoms. The van der Waals surface area contributed by atoms with Gasteiger partial charge < -0.3 is 16.2 Å². The lowest BCUT2D eigenvalue weighted by molar-refractivity contribution is -0.136. The maximum absolute atomic E-state index is 10.8. The van der Waals surface area contributed by atoms with Crippen LogP contribution in [0.4, 0.5) is 16.8 Å². The largest absolute Gasteiger partial charge is 0.481 e. The summed E-state index contributed by atoms with van der Waals surface area (Å²) >= 11 is 1.38. The third-order valence-corrected chi connectivity index (χ3v) is 4.25. The molecule has 0 saturated carbocycles. The number of nitrogen functional groups attached to an aromatic ring is 1. The molecule has 2 aromatic heterocycles. The van der Waals surface area contributed by atoms with Gasteiger partial charge in [0.05, 0.1) is 22.7 Å². The molecule has 0 unspecified atom stereocenters. The first-order valence-electron chi connectivity index (χ1n) is 7.15. The fraction of sp³-hybridized carbons (Fsp3) is 0.125. The minimum Gasteiger partial charge on any atom is -0.481 e. The molecular weight excluding hydrogens is 326 g/mol. The molecule has 0 spiro atoms. The van der Waals surface area contributed by atoms with E-state index in [1.165, 1.54) is 11.3 Å².